The summed E-state index contributed by atoms with van der Waals surface area (Å²) >= 11 is 0. The Morgan fingerprint density at radius 3 is 2.49 bits per heavy atom. The molecule has 0 aliphatic heterocycles. The summed E-state index contributed by atoms with van der Waals surface area (Å²) in [6.07, 6.45) is 1.22. The van der Waals surface area contributed by atoms with Gasteiger partial charge in [-0.05, 0) is 42.5 Å². The molecule has 0 saturated heterocycles. The fraction of sp³-hybridized carbons (Fsp3) is 0.0833. The quantitative estimate of drug-likeness (QED) is 0.229. The number of hydrogen-bond acceptors (Lipinski definition) is 9. The van der Waals surface area contributed by atoms with Crippen LogP contribution in [0.25, 0.3) is 22.9 Å². The number of nitro groups is 1. The highest BCUT2D eigenvalue weighted by Gasteiger charge is 2.16. The van der Waals surface area contributed by atoms with Gasteiger partial charge in [0.2, 0.25) is 5.89 Å². The first kappa shape index (κ1) is 23.1. The van der Waals surface area contributed by atoms with Crippen molar-refractivity contribution >= 4 is 17.8 Å². The summed E-state index contributed by atoms with van der Waals surface area (Å²) in [7, 11) is 3.09. The molecule has 176 valence electrons. The van der Waals surface area contributed by atoms with E-state index in [9.17, 15) is 14.9 Å². The van der Waals surface area contributed by atoms with Crippen LogP contribution in [-0.2, 0) is 0 Å². The summed E-state index contributed by atoms with van der Waals surface area (Å²) in [4.78, 5) is 22.9. The van der Waals surface area contributed by atoms with E-state index in [1.165, 1.54) is 25.5 Å². The van der Waals surface area contributed by atoms with Crippen LogP contribution in [0.3, 0.4) is 0 Å². The van der Waals surface area contributed by atoms with Gasteiger partial charge in [-0.3, -0.25) is 14.9 Å². The summed E-state index contributed by atoms with van der Waals surface area (Å²) in [5.41, 5.74) is 4.06. The van der Waals surface area contributed by atoms with Crippen molar-refractivity contribution in [2.45, 2.75) is 0 Å². The van der Waals surface area contributed by atoms with Gasteiger partial charge in [-0.2, -0.15) is 5.10 Å². The van der Waals surface area contributed by atoms with Gasteiger partial charge < -0.3 is 13.9 Å². The molecule has 0 radical (unpaired) electrons. The summed E-state index contributed by atoms with van der Waals surface area (Å²) in [5, 5.41) is 23.0. The van der Waals surface area contributed by atoms with Crippen LogP contribution < -0.4 is 14.9 Å². The molecule has 1 amide bonds. The maximum Gasteiger partial charge on any atom is 0.278 e. The van der Waals surface area contributed by atoms with Crippen LogP contribution in [0.4, 0.5) is 5.69 Å². The third kappa shape index (κ3) is 5.14. The molecule has 11 nitrogen and oxygen atoms in total. The first-order valence-electron chi connectivity index (χ1n) is 10.2. The number of aromatic nitrogens is 2. The Balaban J connectivity index is 1.46. The topological polar surface area (TPSA) is 142 Å². The molecule has 1 heterocycles. The summed E-state index contributed by atoms with van der Waals surface area (Å²) in [6.45, 7) is 0. The number of para-hydroxylation sites is 1. The van der Waals surface area contributed by atoms with Crippen molar-refractivity contribution in [2.24, 2.45) is 5.10 Å². The zero-order valence-electron chi connectivity index (χ0n) is 18.7. The second kappa shape index (κ2) is 10.3. The molecule has 0 saturated carbocycles. The van der Waals surface area contributed by atoms with Crippen LogP contribution in [0.2, 0.25) is 0 Å². The molecule has 0 spiro atoms. The maximum atomic E-state index is 12.4. The van der Waals surface area contributed by atoms with E-state index in [1.807, 2.05) is 0 Å². The number of benzene rings is 3. The van der Waals surface area contributed by atoms with Gasteiger partial charge in [-0.15, -0.1) is 10.2 Å². The largest absolute Gasteiger partial charge is 0.497 e. The van der Waals surface area contributed by atoms with Gasteiger partial charge >= 0.3 is 0 Å². The van der Waals surface area contributed by atoms with Crippen molar-refractivity contribution in [2.75, 3.05) is 14.2 Å². The van der Waals surface area contributed by atoms with Crippen LogP contribution in [0, 0.1) is 10.1 Å². The SMILES string of the molecule is COc1ccc(-c2nnc(-c3ccc(C(=O)N/N=C/c4ccccc4[N+](=O)[O-])cc3)o2)c(OC)c1. The number of hydrogen-bond donors (Lipinski definition) is 1. The number of nitrogens with one attached hydrogen (secondary N) is 1. The summed E-state index contributed by atoms with van der Waals surface area (Å²) in [6, 6.07) is 17.8. The average molecular weight is 473 g/mol. The smallest absolute Gasteiger partial charge is 0.278 e. The number of carbonyl (C=O) groups is 1. The molecule has 1 aromatic heterocycles. The number of rotatable bonds is 8. The minimum Gasteiger partial charge on any atom is -0.497 e. The highest BCUT2D eigenvalue weighted by atomic mass is 16.6. The number of nitro benzene ring substituents is 1. The third-order valence-corrected chi connectivity index (χ3v) is 4.96. The molecule has 1 N–H and O–H groups in total. The van der Waals surface area contributed by atoms with Crippen LogP contribution >= 0.6 is 0 Å². The standard InChI is InChI=1S/C24H19N5O6/c1-33-18-11-12-19(21(13-18)34-2)24-28-27-23(35-24)16-9-7-15(8-10-16)22(30)26-25-14-17-5-3-4-6-20(17)29(31)32/h3-14H,1-2H3,(H,26,30)/b25-14+. The van der Waals surface area contributed by atoms with Crippen LogP contribution in [0.1, 0.15) is 15.9 Å². The Hall–Kier alpha value is -5.06. The third-order valence-electron chi connectivity index (χ3n) is 4.96. The fourth-order valence-corrected chi connectivity index (χ4v) is 3.18. The normalized spacial score (nSPS) is 10.8. The van der Waals surface area contributed by atoms with E-state index in [0.717, 1.165) is 0 Å². The number of ether oxygens (including phenoxy) is 2. The van der Waals surface area contributed by atoms with Gasteiger partial charge in [0.15, 0.2) is 0 Å². The Labute approximate surface area is 199 Å². The fourth-order valence-electron chi connectivity index (χ4n) is 3.18. The second-order valence-electron chi connectivity index (χ2n) is 7.07. The first-order chi connectivity index (χ1) is 17.0. The summed E-state index contributed by atoms with van der Waals surface area (Å²) < 4.78 is 16.4. The van der Waals surface area contributed by atoms with E-state index in [2.05, 4.69) is 20.7 Å². The van der Waals surface area contributed by atoms with E-state index in [4.69, 9.17) is 13.9 Å². The van der Waals surface area contributed by atoms with Crippen molar-refractivity contribution in [1.82, 2.24) is 15.6 Å². The molecule has 0 aliphatic rings. The van der Waals surface area contributed by atoms with Gasteiger partial charge in [0, 0.05) is 23.3 Å². The van der Waals surface area contributed by atoms with E-state index < -0.39 is 10.8 Å². The maximum absolute atomic E-state index is 12.4. The molecule has 0 bridgehead atoms. The van der Waals surface area contributed by atoms with Gasteiger partial charge in [-0.25, -0.2) is 5.43 Å². The Morgan fingerprint density at radius 2 is 1.77 bits per heavy atom. The van der Waals surface area contributed by atoms with E-state index in [0.29, 0.717) is 28.2 Å². The van der Waals surface area contributed by atoms with Crippen LogP contribution in [0.15, 0.2) is 76.2 Å². The van der Waals surface area contributed by atoms with Crippen molar-refractivity contribution in [3.05, 3.63) is 88.0 Å². The zero-order valence-corrected chi connectivity index (χ0v) is 18.7. The predicted octanol–water partition coefficient (Wildman–Crippen LogP) is 4.09. The van der Waals surface area contributed by atoms with E-state index in [1.54, 1.807) is 61.7 Å². The Bertz CT molecular complexity index is 1400. The lowest BCUT2D eigenvalue weighted by atomic mass is 10.1. The molecule has 0 fully saturated rings. The van der Waals surface area contributed by atoms with Crippen molar-refractivity contribution in [1.29, 1.82) is 0 Å². The van der Waals surface area contributed by atoms with Gasteiger partial charge in [-0.1, -0.05) is 12.1 Å². The van der Waals surface area contributed by atoms with Crippen molar-refractivity contribution in [3.8, 4) is 34.4 Å². The van der Waals surface area contributed by atoms with Gasteiger partial charge in [0.1, 0.15) is 11.5 Å². The lowest BCUT2D eigenvalue weighted by Gasteiger charge is -2.07. The van der Waals surface area contributed by atoms with Crippen LogP contribution in [0.5, 0.6) is 11.5 Å². The van der Waals surface area contributed by atoms with E-state index in [-0.39, 0.29) is 23.0 Å². The number of carbonyl (C=O) groups excluding carboxylic acids is 1. The van der Waals surface area contributed by atoms with Crippen molar-refractivity contribution in [3.63, 3.8) is 0 Å². The molecular weight excluding hydrogens is 454 g/mol. The van der Waals surface area contributed by atoms with Gasteiger partial charge in [0.25, 0.3) is 17.5 Å². The minimum atomic E-state index is -0.518. The molecule has 11 heteroatoms. The number of methoxy groups -OCH3 is 2. The number of nitrogens with zero attached hydrogens (tertiary/aromatic N) is 4. The number of hydrazone groups is 1. The molecule has 0 unspecified atom stereocenters. The zero-order chi connectivity index (χ0) is 24.8. The molecule has 4 aromatic rings. The molecular formula is C24H19N5O6. The van der Waals surface area contributed by atoms with Crippen molar-refractivity contribution < 1.29 is 23.6 Å². The highest BCUT2D eigenvalue weighted by molar-refractivity contribution is 5.95. The first-order valence-corrected chi connectivity index (χ1v) is 10.2. The molecule has 0 aliphatic carbocycles. The predicted molar refractivity (Wildman–Crippen MR) is 126 cm³/mol. The summed E-state index contributed by atoms with van der Waals surface area (Å²) in [5.74, 6) is 1.20. The highest BCUT2D eigenvalue weighted by Crippen LogP contribution is 2.33. The molecule has 35 heavy (non-hydrogen) atoms. The lowest BCUT2D eigenvalue weighted by molar-refractivity contribution is -0.385. The monoisotopic (exact) mass is 473 g/mol. The molecule has 4 rings (SSSR count). The average Bonchev–Trinajstić information content (AvgIpc) is 3.38. The second-order valence-corrected chi connectivity index (χ2v) is 7.07. The van der Waals surface area contributed by atoms with Gasteiger partial charge in [0.05, 0.1) is 36.5 Å². The molecule has 3 aromatic carbocycles. The molecule has 0 atom stereocenters. The van der Waals surface area contributed by atoms with E-state index >= 15 is 0 Å². The van der Waals surface area contributed by atoms with Crippen LogP contribution in [-0.4, -0.2) is 41.5 Å². The Kier molecular flexibility index (Phi) is 6.77. The lowest BCUT2D eigenvalue weighted by Crippen LogP contribution is -2.17. The minimum absolute atomic E-state index is 0.110. The number of amides is 1. The Morgan fingerprint density at radius 1 is 1.03 bits per heavy atom.